The van der Waals surface area contributed by atoms with Gasteiger partial charge in [-0.3, -0.25) is 0 Å². The number of nitriles is 3. The van der Waals surface area contributed by atoms with E-state index < -0.39 is 34.8 Å². The number of rotatable bonds is 2. The third-order valence-electron chi connectivity index (χ3n) is 7.59. The molecule has 2 heterocycles. The normalized spacial score (nSPS) is 11.3. The van der Waals surface area contributed by atoms with Gasteiger partial charge in [-0.05, 0) is 36.4 Å². The first-order valence-corrected chi connectivity index (χ1v) is 12.7. The van der Waals surface area contributed by atoms with Crippen molar-refractivity contribution in [2.75, 3.05) is 0 Å². The average molecular weight is 573 g/mol. The van der Waals surface area contributed by atoms with E-state index in [1.165, 1.54) is 24.3 Å². The first kappa shape index (κ1) is 25.8. The molecule has 2 aromatic heterocycles. The smallest absolute Gasteiger partial charge is 0.200 e. The second-order valence-corrected chi connectivity index (χ2v) is 9.73. The fourth-order valence-electron chi connectivity index (χ4n) is 5.90. The van der Waals surface area contributed by atoms with E-state index in [1.54, 1.807) is 53.1 Å². The van der Waals surface area contributed by atoms with E-state index in [4.69, 9.17) is 0 Å². The van der Waals surface area contributed by atoms with Gasteiger partial charge < -0.3 is 9.13 Å². The summed E-state index contributed by atoms with van der Waals surface area (Å²) >= 11 is 0. The van der Waals surface area contributed by atoms with Gasteiger partial charge in [0.1, 0.15) is 17.8 Å². The highest BCUT2D eigenvalue weighted by molar-refractivity contribution is 6.29. The highest BCUT2D eigenvalue weighted by Crippen LogP contribution is 2.44. The van der Waals surface area contributed by atoms with E-state index in [0.717, 1.165) is 4.57 Å². The summed E-state index contributed by atoms with van der Waals surface area (Å²) in [5.41, 5.74) is 0.839. The van der Waals surface area contributed by atoms with Gasteiger partial charge in [0.2, 0.25) is 5.82 Å². The van der Waals surface area contributed by atoms with Gasteiger partial charge in [-0.15, -0.1) is 0 Å². The summed E-state index contributed by atoms with van der Waals surface area (Å²) < 4.78 is 75.9. The number of benzene rings is 5. The molecule has 0 saturated carbocycles. The minimum Gasteiger partial charge on any atom is -0.307 e. The largest absolute Gasteiger partial charge is 0.307 e. The molecule has 0 aliphatic heterocycles. The average Bonchev–Trinajstić information content (AvgIpc) is 3.55. The molecule has 10 heteroatoms. The van der Waals surface area contributed by atoms with Crippen molar-refractivity contribution in [2.24, 2.45) is 0 Å². The molecular weight excluding hydrogens is 561 g/mol. The number of halogens is 5. The van der Waals surface area contributed by atoms with Gasteiger partial charge in [-0.25, -0.2) is 22.0 Å². The summed E-state index contributed by atoms with van der Waals surface area (Å²) in [6.45, 7) is 0. The molecule has 7 aromatic rings. The molecule has 5 nitrogen and oxygen atoms in total. The van der Waals surface area contributed by atoms with E-state index in [0.29, 0.717) is 32.6 Å². The Morgan fingerprint density at radius 3 is 1.33 bits per heavy atom. The lowest BCUT2D eigenvalue weighted by atomic mass is 10.0. The van der Waals surface area contributed by atoms with Gasteiger partial charge in [0.05, 0.1) is 50.5 Å². The summed E-state index contributed by atoms with van der Waals surface area (Å²) in [7, 11) is 0. The van der Waals surface area contributed by atoms with Gasteiger partial charge in [-0.1, -0.05) is 36.4 Å². The van der Waals surface area contributed by atoms with E-state index in [9.17, 15) is 29.0 Å². The molecule has 43 heavy (non-hydrogen) atoms. The summed E-state index contributed by atoms with van der Waals surface area (Å²) in [4.78, 5) is 0. The molecule has 204 valence electrons. The molecule has 0 spiro atoms. The fraction of sp³-hybridized carbons (Fsp3) is 0. The standard InChI is InChI=1S/C33H12F5N5/c34-27-28(35)30(37)33(31(38)29(27)36)43-22-8-4-2-6-20(22)26-24(43)10-9-23-25(26)19-5-1-3-7-21(19)42(23)32-17(14-40)11-16(13-39)12-18(32)15-41/h1-12H. The van der Waals surface area contributed by atoms with Gasteiger partial charge in [0, 0.05) is 21.5 Å². The number of aromatic nitrogens is 2. The van der Waals surface area contributed by atoms with Crippen molar-refractivity contribution < 1.29 is 22.0 Å². The topological polar surface area (TPSA) is 81.2 Å². The predicted octanol–water partition coefficient (Wildman–Crippen LogP) is 8.19. The van der Waals surface area contributed by atoms with Crippen LogP contribution in [-0.4, -0.2) is 9.13 Å². The van der Waals surface area contributed by atoms with Crippen LogP contribution in [0.25, 0.3) is 55.0 Å². The highest BCUT2D eigenvalue weighted by atomic mass is 19.2. The molecule has 0 N–H and O–H groups in total. The van der Waals surface area contributed by atoms with Crippen molar-refractivity contribution in [1.29, 1.82) is 15.8 Å². The van der Waals surface area contributed by atoms with E-state index in [2.05, 4.69) is 12.1 Å². The van der Waals surface area contributed by atoms with Crippen LogP contribution in [0, 0.1) is 63.1 Å². The second kappa shape index (κ2) is 9.17. The Kier molecular flexibility index (Phi) is 5.49. The maximum absolute atomic E-state index is 15.2. The lowest BCUT2D eigenvalue weighted by Gasteiger charge is -2.13. The molecular formula is C33H12F5N5. The van der Waals surface area contributed by atoms with Crippen molar-refractivity contribution >= 4 is 43.6 Å². The van der Waals surface area contributed by atoms with Crippen LogP contribution in [0.2, 0.25) is 0 Å². The quantitative estimate of drug-likeness (QED) is 0.119. The van der Waals surface area contributed by atoms with Crippen LogP contribution in [0.5, 0.6) is 0 Å². The molecule has 0 saturated heterocycles. The van der Waals surface area contributed by atoms with Crippen LogP contribution in [0.15, 0.2) is 72.8 Å². The zero-order valence-electron chi connectivity index (χ0n) is 21.6. The maximum Gasteiger partial charge on any atom is 0.200 e. The Morgan fingerprint density at radius 1 is 0.465 bits per heavy atom. The monoisotopic (exact) mass is 573 g/mol. The Balaban J connectivity index is 1.73. The number of hydrogen-bond donors (Lipinski definition) is 0. The fourth-order valence-corrected chi connectivity index (χ4v) is 5.90. The molecule has 5 aromatic carbocycles. The van der Waals surface area contributed by atoms with Crippen LogP contribution < -0.4 is 0 Å². The van der Waals surface area contributed by atoms with E-state index in [1.807, 2.05) is 6.07 Å². The van der Waals surface area contributed by atoms with Crippen molar-refractivity contribution in [1.82, 2.24) is 9.13 Å². The van der Waals surface area contributed by atoms with Gasteiger partial charge in [0.25, 0.3) is 0 Å². The zero-order chi connectivity index (χ0) is 30.2. The third-order valence-corrected chi connectivity index (χ3v) is 7.59. The third kappa shape index (κ3) is 3.34. The summed E-state index contributed by atoms with van der Waals surface area (Å²) in [5, 5.41) is 31.6. The lowest BCUT2D eigenvalue weighted by molar-refractivity contribution is 0.376. The number of nitrogens with zero attached hydrogens (tertiary/aromatic N) is 5. The molecule has 0 amide bonds. The first-order chi connectivity index (χ1) is 20.8. The minimum atomic E-state index is -2.26. The highest BCUT2D eigenvalue weighted by Gasteiger charge is 2.30. The first-order valence-electron chi connectivity index (χ1n) is 12.7. The lowest BCUT2D eigenvalue weighted by Crippen LogP contribution is -2.09. The zero-order valence-corrected chi connectivity index (χ0v) is 21.6. The van der Waals surface area contributed by atoms with Gasteiger partial charge >= 0.3 is 0 Å². The number of hydrogen-bond acceptors (Lipinski definition) is 3. The SMILES string of the molecule is N#Cc1cc(C#N)c(-n2c3ccccc3c3c4c5ccccc5n(-c5c(F)c(F)c(F)c(F)c5F)c4ccc32)c(C#N)c1. The van der Waals surface area contributed by atoms with Gasteiger partial charge in [-0.2, -0.15) is 15.8 Å². The molecule has 0 aliphatic rings. The van der Waals surface area contributed by atoms with Crippen LogP contribution in [0.1, 0.15) is 16.7 Å². The number of fused-ring (bicyclic) bond motifs is 7. The molecule has 0 aliphatic carbocycles. The van der Waals surface area contributed by atoms with Crippen LogP contribution in [0.3, 0.4) is 0 Å². The Morgan fingerprint density at radius 2 is 0.884 bits per heavy atom. The van der Waals surface area contributed by atoms with Crippen LogP contribution in [-0.2, 0) is 0 Å². The van der Waals surface area contributed by atoms with E-state index >= 15 is 8.78 Å². The minimum absolute atomic E-state index is 0.0715. The van der Waals surface area contributed by atoms with Crippen molar-refractivity contribution in [3.05, 3.63) is 119 Å². The summed E-state index contributed by atoms with van der Waals surface area (Å²) in [6.07, 6.45) is 0. The maximum atomic E-state index is 15.2. The summed E-state index contributed by atoms with van der Waals surface area (Å²) in [5.74, 6) is -10.3. The molecule has 7 rings (SSSR count). The summed E-state index contributed by atoms with van der Waals surface area (Å²) in [6, 6.07) is 25.5. The molecule has 0 radical (unpaired) electrons. The Labute approximate surface area is 238 Å². The van der Waals surface area contributed by atoms with Crippen molar-refractivity contribution in [3.8, 4) is 29.6 Å². The van der Waals surface area contributed by atoms with Crippen LogP contribution in [0.4, 0.5) is 22.0 Å². The van der Waals surface area contributed by atoms with Crippen LogP contribution >= 0.6 is 0 Å². The second-order valence-electron chi connectivity index (χ2n) is 9.73. The Hall–Kier alpha value is -6.18. The molecule has 0 atom stereocenters. The predicted molar refractivity (Wildman–Crippen MR) is 149 cm³/mol. The molecule has 0 fully saturated rings. The number of para-hydroxylation sites is 2. The van der Waals surface area contributed by atoms with E-state index in [-0.39, 0.29) is 33.4 Å². The van der Waals surface area contributed by atoms with Gasteiger partial charge in [0.15, 0.2) is 23.3 Å². The van der Waals surface area contributed by atoms with Crippen molar-refractivity contribution in [2.45, 2.75) is 0 Å². The van der Waals surface area contributed by atoms with Crippen molar-refractivity contribution in [3.63, 3.8) is 0 Å². The molecule has 0 bridgehead atoms. The Bertz CT molecular complexity index is 2440. The molecule has 0 unspecified atom stereocenters.